The van der Waals surface area contributed by atoms with Crippen LogP contribution in [-0.2, 0) is 21.7 Å². The molecule has 4 rings (SSSR count). The molecule has 0 amide bonds. The molecule has 0 spiro atoms. The van der Waals surface area contributed by atoms with Gasteiger partial charge in [0.1, 0.15) is 30.0 Å². The Morgan fingerprint density at radius 1 is 1.09 bits per heavy atom. The van der Waals surface area contributed by atoms with Crippen LogP contribution in [0.2, 0.25) is 0 Å². The van der Waals surface area contributed by atoms with Gasteiger partial charge in [0, 0.05) is 11.6 Å². The number of carbonyl (C=O) groups is 1. The largest absolute Gasteiger partial charge is 0.489 e. The second-order valence-electron chi connectivity index (χ2n) is 7.30. The van der Waals surface area contributed by atoms with Crippen molar-refractivity contribution in [2.75, 3.05) is 13.9 Å². The van der Waals surface area contributed by atoms with Crippen molar-refractivity contribution in [2.24, 2.45) is 0 Å². The van der Waals surface area contributed by atoms with Crippen LogP contribution in [0, 0.1) is 24.1 Å². The van der Waals surface area contributed by atoms with Gasteiger partial charge in [0.05, 0.1) is 7.11 Å². The maximum Gasteiger partial charge on any atom is 0.370 e. The molecule has 0 fully saturated rings. The molecule has 0 saturated carbocycles. The molecule has 1 atom stereocenters. The molecule has 1 heterocycles. The molecule has 0 aromatic heterocycles. The highest BCUT2D eigenvalue weighted by molar-refractivity contribution is 5.86. The van der Waals surface area contributed by atoms with E-state index in [2.05, 4.69) is 0 Å². The van der Waals surface area contributed by atoms with Gasteiger partial charge in [0.25, 0.3) is 0 Å². The van der Waals surface area contributed by atoms with Gasteiger partial charge in [-0.15, -0.1) is 0 Å². The van der Waals surface area contributed by atoms with Gasteiger partial charge >= 0.3 is 11.6 Å². The third-order valence-corrected chi connectivity index (χ3v) is 5.13. The number of methoxy groups -OCH3 is 1. The van der Waals surface area contributed by atoms with Crippen molar-refractivity contribution in [2.45, 2.75) is 19.1 Å². The lowest BCUT2D eigenvalue weighted by Gasteiger charge is -2.27. The molecule has 1 aliphatic heterocycles. The molecule has 0 saturated heterocycles. The van der Waals surface area contributed by atoms with Crippen molar-refractivity contribution >= 4 is 5.97 Å². The summed E-state index contributed by atoms with van der Waals surface area (Å²) in [6.07, 6.45) is 0. The average Bonchev–Trinajstić information content (AvgIpc) is 3.29. The number of nitrogens with zero attached hydrogens (tertiary/aromatic N) is 1. The number of esters is 1. The molecule has 33 heavy (non-hydrogen) atoms. The molecule has 0 bridgehead atoms. The summed E-state index contributed by atoms with van der Waals surface area (Å²) in [5.41, 5.74) is -0.500. The first-order chi connectivity index (χ1) is 15.9. The molecule has 7 nitrogen and oxygen atoms in total. The van der Waals surface area contributed by atoms with Crippen molar-refractivity contribution in [3.05, 3.63) is 83.2 Å². The number of fused-ring (bicyclic) bond motifs is 1. The van der Waals surface area contributed by atoms with Crippen LogP contribution in [0.25, 0.3) is 0 Å². The van der Waals surface area contributed by atoms with Gasteiger partial charge in [-0.25, -0.2) is 9.18 Å². The predicted molar refractivity (Wildman–Crippen MR) is 114 cm³/mol. The van der Waals surface area contributed by atoms with Gasteiger partial charge in [-0.05, 0) is 54.4 Å². The summed E-state index contributed by atoms with van der Waals surface area (Å²) in [6, 6.07) is 17.5. The number of aryl methyl sites for hydroxylation is 1. The SMILES string of the molecule is COC(=O)C(C#N)(Oc1cccc(F)c1)c1cc(OCc2ccc3c(c2)OCO3)ccc1C. The van der Waals surface area contributed by atoms with Crippen LogP contribution in [0.15, 0.2) is 60.7 Å². The molecular weight excluding hydrogens is 429 g/mol. The first-order valence-electron chi connectivity index (χ1n) is 10.0. The minimum atomic E-state index is -2.16. The molecule has 0 N–H and O–H groups in total. The summed E-state index contributed by atoms with van der Waals surface area (Å²) in [4.78, 5) is 12.8. The van der Waals surface area contributed by atoms with Gasteiger partial charge < -0.3 is 23.7 Å². The van der Waals surface area contributed by atoms with Crippen molar-refractivity contribution in [3.8, 4) is 29.1 Å². The van der Waals surface area contributed by atoms with E-state index in [1.165, 1.54) is 18.2 Å². The fraction of sp³-hybridized carbons (Fsp3) is 0.200. The van der Waals surface area contributed by atoms with Crippen molar-refractivity contribution in [1.82, 2.24) is 0 Å². The highest BCUT2D eigenvalue weighted by Gasteiger charge is 2.46. The Bertz CT molecular complexity index is 1240. The summed E-state index contributed by atoms with van der Waals surface area (Å²) in [7, 11) is 1.15. The zero-order valence-electron chi connectivity index (χ0n) is 18.0. The summed E-state index contributed by atoms with van der Waals surface area (Å²) in [6.45, 7) is 2.11. The number of rotatable bonds is 7. The second-order valence-corrected chi connectivity index (χ2v) is 7.30. The Hall–Kier alpha value is -4.25. The predicted octanol–water partition coefficient (Wildman–Crippen LogP) is 4.41. The number of hydrogen-bond acceptors (Lipinski definition) is 7. The lowest BCUT2D eigenvalue weighted by Crippen LogP contribution is -2.42. The fourth-order valence-electron chi connectivity index (χ4n) is 3.45. The van der Waals surface area contributed by atoms with Crippen LogP contribution in [0.4, 0.5) is 4.39 Å². The minimum absolute atomic E-state index is 0.00744. The first kappa shape index (κ1) is 22.0. The molecule has 168 valence electrons. The highest BCUT2D eigenvalue weighted by Crippen LogP contribution is 2.35. The zero-order valence-corrected chi connectivity index (χ0v) is 18.0. The third-order valence-electron chi connectivity index (χ3n) is 5.13. The standard InChI is InChI=1S/C25H20FNO6/c1-16-6-8-19(30-13-17-7-9-22-23(10-17)32-15-31-22)12-21(16)25(14-27,24(28)29-2)33-20-5-3-4-18(26)11-20/h3-12H,13,15H2,1-2H3. The first-order valence-corrected chi connectivity index (χ1v) is 10.0. The van der Waals surface area contributed by atoms with E-state index in [0.717, 1.165) is 18.7 Å². The number of carbonyl (C=O) groups excluding carboxylic acids is 1. The lowest BCUT2D eigenvalue weighted by molar-refractivity contribution is -0.155. The maximum absolute atomic E-state index is 13.7. The summed E-state index contributed by atoms with van der Waals surface area (Å²) in [5, 5.41) is 10.0. The molecule has 3 aromatic rings. The van der Waals surface area contributed by atoms with E-state index in [-0.39, 0.29) is 24.7 Å². The van der Waals surface area contributed by atoms with Crippen LogP contribution in [0.5, 0.6) is 23.0 Å². The van der Waals surface area contributed by atoms with E-state index in [9.17, 15) is 14.4 Å². The molecule has 0 radical (unpaired) electrons. The van der Waals surface area contributed by atoms with Gasteiger partial charge in [-0.3, -0.25) is 0 Å². The maximum atomic E-state index is 13.7. The van der Waals surface area contributed by atoms with Crippen LogP contribution >= 0.6 is 0 Å². The lowest BCUT2D eigenvalue weighted by atomic mass is 9.90. The zero-order chi connectivity index (χ0) is 23.4. The number of hydrogen-bond donors (Lipinski definition) is 0. The van der Waals surface area contributed by atoms with Gasteiger partial charge in [-0.2, -0.15) is 5.26 Å². The fourth-order valence-corrected chi connectivity index (χ4v) is 3.45. The van der Waals surface area contributed by atoms with Gasteiger partial charge in [0.2, 0.25) is 6.79 Å². The number of nitriles is 1. The van der Waals surface area contributed by atoms with Crippen LogP contribution in [-0.4, -0.2) is 19.9 Å². The molecule has 3 aromatic carbocycles. The number of benzene rings is 3. The van der Waals surface area contributed by atoms with E-state index in [1.807, 2.05) is 18.2 Å². The normalized spacial score (nSPS) is 13.5. The Labute approximate surface area is 189 Å². The van der Waals surface area contributed by atoms with Crippen LogP contribution in [0.1, 0.15) is 16.7 Å². The second kappa shape index (κ2) is 9.09. The topological polar surface area (TPSA) is 87.0 Å². The molecule has 8 heteroatoms. The van der Waals surface area contributed by atoms with E-state index < -0.39 is 17.4 Å². The van der Waals surface area contributed by atoms with Crippen molar-refractivity contribution in [1.29, 1.82) is 5.26 Å². The Balaban J connectivity index is 1.65. The van der Waals surface area contributed by atoms with Crippen LogP contribution < -0.4 is 18.9 Å². The summed E-state index contributed by atoms with van der Waals surface area (Å²) in [5.74, 6) is 0.209. The highest BCUT2D eigenvalue weighted by atomic mass is 19.1. The van der Waals surface area contributed by atoms with E-state index in [1.54, 1.807) is 31.2 Å². The number of ether oxygens (including phenoxy) is 5. The van der Waals surface area contributed by atoms with Crippen molar-refractivity contribution in [3.63, 3.8) is 0 Å². The third kappa shape index (κ3) is 4.39. The summed E-state index contributed by atoms with van der Waals surface area (Å²) < 4.78 is 40.9. The Morgan fingerprint density at radius 2 is 1.91 bits per heavy atom. The monoisotopic (exact) mass is 449 g/mol. The quantitative estimate of drug-likeness (QED) is 0.494. The smallest absolute Gasteiger partial charge is 0.370 e. The Kier molecular flexibility index (Phi) is 6.05. The van der Waals surface area contributed by atoms with Gasteiger partial charge in [-0.1, -0.05) is 18.2 Å². The summed E-state index contributed by atoms with van der Waals surface area (Å²) >= 11 is 0. The van der Waals surface area contributed by atoms with E-state index in [4.69, 9.17) is 23.7 Å². The van der Waals surface area contributed by atoms with E-state index >= 15 is 0 Å². The van der Waals surface area contributed by atoms with E-state index in [0.29, 0.717) is 22.8 Å². The molecule has 1 unspecified atom stereocenters. The van der Waals surface area contributed by atoms with Gasteiger partial charge in [0.15, 0.2) is 11.5 Å². The number of halogens is 1. The molecular formula is C25H20FNO6. The minimum Gasteiger partial charge on any atom is -0.489 e. The molecule has 1 aliphatic rings. The van der Waals surface area contributed by atoms with Crippen LogP contribution in [0.3, 0.4) is 0 Å². The Morgan fingerprint density at radius 3 is 2.67 bits per heavy atom. The average molecular weight is 449 g/mol. The van der Waals surface area contributed by atoms with Crippen molar-refractivity contribution < 1.29 is 32.9 Å². The molecule has 0 aliphatic carbocycles.